The number of hydrogen-bond acceptors (Lipinski definition) is 4. The topological polar surface area (TPSA) is 108 Å². The molecule has 0 aliphatic carbocycles. The molecule has 3 N–H and O–H groups in total. The number of rotatable bonds is 4. The van der Waals surface area contributed by atoms with Crippen molar-refractivity contribution in [2.45, 2.75) is 0 Å². The van der Waals surface area contributed by atoms with Gasteiger partial charge in [-0.25, -0.2) is 10.3 Å². The smallest absolute Gasteiger partial charge is 0.332 e. The monoisotopic (exact) mass is 262 g/mol. The number of H-pyrrole nitrogens is 1. The molecule has 0 bridgehead atoms. The molecule has 7 heteroatoms. The number of hydrogen-bond donors (Lipinski definition) is 3. The Morgan fingerprint density at radius 1 is 1.32 bits per heavy atom. The highest BCUT2D eigenvalue weighted by Gasteiger charge is 2.12. The highest BCUT2D eigenvalue weighted by molar-refractivity contribution is 6.05. The van der Waals surface area contributed by atoms with Gasteiger partial charge < -0.3 is 10.1 Å². The highest BCUT2D eigenvalue weighted by atomic mass is 16.7. The number of fused-ring (bicyclic) bond motifs is 1. The van der Waals surface area contributed by atoms with E-state index in [4.69, 9.17) is 5.11 Å². The predicted octanol–water partition coefficient (Wildman–Crippen LogP) is 0.274. The molecule has 0 saturated carbocycles. The lowest BCUT2D eigenvalue weighted by molar-refractivity contribution is -0.144. The van der Waals surface area contributed by atoms with E-state index < -0.39 is 24.0 Å². The fraction of sp³-hybridized carbons (Fsp3) is 0.0833. The zero-order valence-corrected chi connectivity index (χ0v) is 9.67. The number of hydroxylamine groups is 1. The molecule has 7 nitrogen and oxygen atoms in total. The Morgan fingerprint density at radius 2 is 2.05 bits per heavy atom. The van der Waals surface area contributed by atoms with E-state index in [9.17, 15) is 14.4 Å². The maximum Gasteiger partial charge on any atom is 0.332 e. The molecule has 19 heavy (non-hydrogen) atoms. The molecule has 98 valence electrons. The second-order valence-corrected chi connectivity index (χ2v) is 3.71. The van der Waals surface area contributed by atoms with Crippen LogP contribution in [-0.2, 0) is 9.63 Å². The molecule has 0 aliphatic heterocycles. The Balaban J connectivity index is 2.31. The van der Waals surface area contributed by atoms with Crippen LogP contribution in [0, 0.1) is 0 Å². The van der Waals surface area contributed by atoms with Crippen molar-refractivity contribution in [2.75, 3.05) is 6.61 Å². The SMILES string of the molecule is O=C(O)CONC(=O)c1cc(=O)[nH]c2ccccc12. The Hall–Kier alpha value is -2.67. The summed E-state index contributed by atoms with van der Waals surface area (Å²) in [6.45, 7) is -0.660. The number of para-hydroxylation sites is 1. The summed E-state index contributed by atoms with van der Waals surface area (Å²) in [5.41, 5.74) is 2.18. The van der Waals surface area contributed by atoms with E-state index in [0.717, 1.165) is 6.07 Å². The van der Waals surface area contributed by atoms with Crippen molar-refractivity contribution in [3.63, 3.8) is 0 Å². The minimum absolute atomic E-state index is 0.115. The number of carbonyl (C=O) groups is 2. The quantitative estimate of drug-likeness (QED) is 0.685. The zero-order chi connectivity index (χ0) is 13.8. The Morgan fingerprint density at radius 3 is 2.79 bits per heavy atom. The summed E-state index contributed by atoms with van der Waals surface area (Å²) >= 11 is 0. The fourth-order valence-electron chi connectivity index (χ4n) is 1.61. The summed E-state index contributed by atoms with van der Waals surface area (Å²) in [7, 11) is 0. The van der Waals surface area contributed by atoms with Gasteiger partial charge in [0.25, 0.3) is 5.91 Å². The van der Waals surface area contributed by atoms with Gasteiger partial charge in [-0.3, -0.25) is 14.4 Å². The van der Waals surface area contributed by atoms with Gasteiger partial charge in [0.2, 0.25) is 5.56 Å². The van der Waals surface area contributed by atoms with Gasteiger partial charge in [-0.05, 0) is 6.07 Å². The molecule has 1 heterocycles. The number of carboxylic acid groups (broad SMARTS) is 1. The van der Waals surface area contributed by atoms with E-state index in [1.165, 1.54) is 0 Å². The highest BCUT2D eigenvalue weighted by Crippen LogP contribution is 2.14. The number of aromatic amines is 1. The molecule has 0 aliphatic rings. The van der Waals surface area contributed by atoms with Gasteiger partial charge in [0.1, 0.15) is 0 Å². The second-order valence-electron chi connectivity index (χ2n) is 3.71. The number of amides is 1. The van der Waals surface area contributed by atoms with Gasteiger partial charge in [-0.2, -0.15) is 0 Å². The van der Waals surface area contributed by atoms with Crippen LogP contribution in [0.1, 0.15) is 10.4 Å². The predicted molar refractivity (Wildman–Crippen MR) is 65.6 cm³/mol. The van der Waals surface area contributed by atoms with Crippen molar-refractivity contribution in [3.8, 4) is 0 Å². The molecule has 0 fully saturated rings. The summed E-state index contributed by atoms with van der Waals surface area (Å²) in [5, 5.41) is 8.92. The van der Waals surface area contributed by atoms with Crippen molar-refractivity contribution in [1.82, 2.24) is 10.5 Å². The Labute approximate surface area is 106 Å². The summed E-state index contributed by atoms with van der Waals surface area (Å²) in [4.78, 5) is 40.6. The maximum absolute atomic E-state index is 11.8. The van der Waals surface area contributed by atoms with Crippen molar-refractivity contribution in [1.29, 1.82) is 0 Å². The Kier molecular flexibility index (Phi) is 3.58. The lowest BCUT2D eigenvalue weighted by Gasteiger charge is -2.06. The first-order valence-electron chi connectivity index (χ1n) is 5.34. The summed E-state index contributed by atoms with van der Waals surface area (Å²) in [6.07, 6.45) is 0. The summed E-state index contributed by atoms with van der Waals surface area (Å²) < 4.78 is 0. The number of aromatic nitrogens is 1. The number of carboxylic acids is 1. The normalized spacial score (nSPS) is 10.3. The molecule has 2 rings (SSSR count). The van der Waals surface area contributed by atoms with Crippen LogP contribution in [0.4, 0.5) is 0 Å². The molecule has 0 spiro atoms. The molecule has 2 aromatic rings. The van der Waals surface area contributed by atoms with Crippen molar-refractivity contribution >= 4 is 22.8 Å². The van der Waals surface area contributed by atoms with E-state index in [2.05, 4.69) is 9.82 Å². The number of nitrogens with one attached hydrogen (secondary N) is 2. The minimum Gasteiger partial charge on any atom is -0.479 e. The standard InChI is InChI=1S/C12H10N2O5/c15-10-5-8(12(18)14-19-6-11(16)17)7-3-1-2-4-9(7)13-10/h1-5H,6H2,(H,13,15)(H,14,18)(H,16,17). The Bertz CT molecular complexity index is 692. The van der Waals surface area contributed by atoms with Crippen LogP contribution < -0.4 is 11.0 Å². The van der Waals surface area contributed by atoms with Crippen LogP contribution in [0.5, 0.6) is 0 Å². The summed E-state index contributed by atoms with van der Waals surface area (Å²) in [5.74, 6) is -1.89. The van der Waals surface area contributed by atoms with Gasteiger partial charge in [0, 0.05) is 17.0 Å². The van der Waals surface area contributed by atoms with Crippen molar-refractivity contribution in [2.24, 2.45) is 0 Å². The fourth-order valence-corrected chi connectivity index (χ4v) is 1.61. The van der Waals surface area contributed by atoms with Crippen LogP contribution in [0.15, 0.2) is 35.1 Å². The lowest BCUT2D eigenvalue weighted by atomic mass is 10.1. The van der Waals surface area contributed by atoms with Crippen molar-refractivity contribution < 1.29 is 19.5 Å². The number of benzene rings is 1. The third-order valence-corrected chi connectivity index (χ3v) is 2.36. The van der Waals surface area contributed by atoms with Crippen LogP contribution in [0.25, 0.3) is 10.9 Å². The van der Waals surface area contributed by atoms with Gasteiger partial charge in [-0.1, -0.05) is 18.2 Å². The van der Waals surface area contributed by atoms with Crippen LogP contribution in [-0.4, -0.2) is 28.6 Å². The minimum atomic E-state index is -1.21. The largest absolute Gasteiger partial charge is 0.479 e. The van der Waals surface area contributed by atoms with Gasteiger partial charge in [0.15, 0.2) is 6.61 Å². The second kappa shape index (κ2) is 5.32. The molecule has 0 saturated heterocycles. The lowest BCUT2D eigenvalue weighted by Crippen LogP contribution is -2.27. The van der Waals surface area contributed by atoms with E-state index >= 15 is 0 Å². The molecule has 0 radical (unpaired) electrons. The number of pyridine rings is 1. The first kappa shape index (κ1) is 12.8. The molecule has 1 aromatic carbocycles. The number of aliphatic carboxylic acids is 1. The van der Waals surface area contributed by atoms with Gasteiger partial charge in [0.05, 0.1) is 5.56 Å². The number of carbonyl (C=O) groups excluding carboxylic acids is 1. The van der Waals surface area contributed by atoms with Gasteiger partial charge >= 0.3 is 5.97 Å². The van der Waals surface area contributed by atoms with Crippen LogP contribution in [0.2, 0.25) is 0 Å². The van der Waals surface area contributed by atoms with E-state index in [1.54, 1.807) is 24.3 Å². The van der Waals surface area contributed by atoms with Gasteiger partial charge in [-0.15, -0.1) is 0 Å². The maximum atomic E-state index is 11.8. The molecule has 0 atom stereocenters. The molecule has 1 aromatic heterocycles. The van der Waals surface area contributed by atoms with E-state index in [1.807, 2.05) is 5.48 Å². The molecule has 0 unspecified atom stereocenters. The average molecular weight is 262 g/mol. The van der Waals surface area contributed by atoms with Crippen LogP contribution >= 0.6 is 0 Å². The molecule has 1 amide bonds. The molecular weight excluding hydrogens is 252 g/mol. The van der Waals surface area contributed by atoms with Crippen LogP contribution in [0.3, 0.4) is 0 Å². The van der Waals surface area contributed by atoms with Crippen molar-refractivity contribution in [3.05, 3.63) is 46.2 Å². The van der Waals surface area contributed by atoms with E-state index in [-0.39, 0.29) is 5.56 Å². The molecular formula is C12H10N2O5. The van der Waals surface area contributed by atoms with E-state index in [0.29, 0.717) is 10.9 Å². The first-order chi connectivity index (χ1) is 9.08. The third kappa shape index (κ3) is 2.96. The third-order valence-electron chi connectivity index (χ3n) is 2.36. The summed E-state index contributed by atoms with van der Waals surface area (Å²) in [6, 6.07) is 7.89. The average Bonchev–Trinajstić information content (AvgIpc) is 2.37. The zero-order valence-electron chi connectivity index (χ0n) is 9.67. The first-order valence-corrected chi connectivity index (χ1v) is 5.34.